The number of ether oxygens (including phenoxy) is 2. The molecule has 0 radical (unpaired) electrons. The van der Waals surface area contributed by atoms with Gasteiger partial charge in [0.2, 0.25) is 0 Å². The molecule has 0 atom stereocenters. The van der Waals surface area contributed by atoms with Gasteiger partial charge in [-0.15, -0.1) is 0 Å². The fourth-order valence-electron chi connectivity index (χ4n) is 2.14. The fraction of sp³-hybridized carbons (Fsp3) is 0.667. The number of carbonyl (C=O) groups is 2. The summed E-state index contributed by atoms with van der Waals surface area (Å²) in [6.07, 6.45) is 1.08. The van der Waals surface area contributed by atoms with Crippen molar-refractivity contribution < 1.29 is 19.1 Å². The number of nitrogens with zero attached hydrogens (tertiary/aromatic N) is 3. The first-order chi connectivity index (χ1) is 10.2. The van der Waals surface area contributed by atoms with Crippen LogP contribution in [0, 0.1) is 0 Å². The minimum atomic E-state index is -0.505. The lowest BCUT2D eigenvalue weighted by atomic mass is 10.1. The Morgan fingerprint density at radius 2 is 1.91 bits per heavy atom. The number of hydrogen-bond acceptors (Lipinski definition) is 5. The molecule has 0 saturated carbocycles. The molecule has 0 bridgehead atoms. The lowest BCUT2D eigenvalue weighted by Crippen LogP contribution is -2.40. The average molecular weight is 311 g/mol. The molecule has 2 rings (SSSR count). The Kier molecular flexibility index (Phi) is 6.11. The Bertz CT molecular complexity index is 532. The molecule has 1 aliphatic rings. The lowest BCUT2D eigenvalue weighted by Gasteiger charge is -2.29. The molecule has 0 aliphatic carbocycles. The van der Waals surface area contributed by atoms with E-state index in [0.717, 1.165) is 17.7 Å². The van der Waals surface area contributed by atoms with Gasteiger partial charge in [-0.2, -0.15) is 0 Å². The van der Waals surface area contributed by atoms with Crippen LogP contribution in [0.3, 0.4) is 0 Å². The summed E-state index contributed by atoms with van der Waals surface area (Å²) in [4.78, 5) is 28.7. The van der Waals surface area contributed by atoms with Crippen molar-refractivity contribution >= 4 is 12.4 Å². The number of methoxy groups -OCH3 is 1. The molecule has 7 nitrogen and oxygen atoms in total. The minimum absolute atomic E-state index is 0.337. The minimum Gasteiger partial charge on any atom is -0.444 e. The van der Waals surface area contributed by atoms with E-state index in [4.69, 9.17) is 4.74 Å². The summed E-state index contributed by atoms with van der Waals surface area (Å²) in [5.74, 6) is 0.399. The Labute approximate surface area is 131 Å². The molecule has 124 valence electrons. The molecule has 0 spiro atoms. The summed E-state index contributed by atoms with van der Waals surface area (Å²) in [7, 11) is 5.07. The van der Waals surface area contributed by atoms with E-state index < -0.39 is 5.60 Å². The second-order valence-corrected chi connectivity index (χ2v) is 6.10. The van der Waals surface area contributed by atoms with Crippen LogP contribution in [0.25, 0.3) is 0 Å². The topological polar surface area (TPSA) is 73.7 Å². The van der Waals surface area contributed by atoms with Gasteiger partial charge in [0, 0.05) is 39.9 Å². The van der Waals surface area contributed by atoms with Crippen LogP contribution in [-0.2, 0) is 29.5 Å². The van der Waals surface area contributed by atoms with Crippen molar-refractivity contribution in [3.05, 3.63) is 17.2 Å². The summed E-state index contributed by atoms with van der Waals surface area (Å²) in [5, 5.41) is 0. The largest absolute Gasteiger partial charge is 0.444 e. The highest BCUT2D eigenvalue weighted by Gasteiger charge is 2.28. The van der Waals surface area contributed by atoms with Gasteiger partial charge in [-0.3, -0.25) is 4.79 Å². The zero-order valence-corrected chi connectivity index (χ0v) is 14.2. The Hall–Kier alpha value is -1.89. The normalized spacial score (nSPS) is 13.8. The zero-order chi connectivity index (χ0) is 16.9. The first kappa shape index (κ1) is 18.2. The fourth-order valence-corrected chi connectivity index (χ4v) is 2.14. The first-order valence-corrected chi connectivity index (χ1v) is 7.11. The third-order valence-corrected chi connectivity index (χ3v) is 3.05. The van der Waals surface area contributed by atoms with E-state index in [0.29, 0.717) is 25.3 Å². The number of carbonyl (C=O) groups excluding carboxylic acids is 2. The van der Waals surface area contributed by atoms with Gasteiger partial charge in [0.25, 0.3) is 0 Å². The number of aldehydes is 1. The molecule has 1 aliphatic heterocycles. The highest BCUT2D eigenvalue weighted by Crippen LogP contribution is 2.20. The van der Waals surface area contributed by atoms with Crippen molar-refractivity contribution in [2.75, 3.05) is 20.8 Å². The summed E-state index contributed by atoms with van der Waals surface area (Å²) in [6, 6.07) is 0. The van der Waals surface area contributed by atoms with Gasteiger partial charge in [0.05, 0.1) is 12.2 Å². The molecule has 2 heterocycles. The van der Waals surface area contributed by atoms with Crippen LogP contribution >= 0.6 is 0 Å². The number of fused-ring (bicyclic) bond motifs is 1. The maximum atomic E-state index is 12.0. The Morgan fingerprint density at radius 1 is 1.32 bits per heavy atom. The van der Waals surface area contributed by atoms with E-state index in [1.54, 1.807) is 23.7 Å². The van der Waals surface area contributed by atoms with Crippen LogP contribution in [0.15, 0.2) is 0 Å². The van der Waals surface area contributed by atoms with Crippen LogP contribution in [0.4, 0.5) is 4.79 Å². The summed E-state index contributed by atoms with van der Waals surface area (Å²) >= 11 is 0. The average Bonchev–Trinajstić information content (AvgIpc) is 2.74. The smallest absolute Gasteiger partial charge is 0.410 e. The summed E-state index contributed by atoms with van der Waals surface area (Å²) in [6.45, 7) is 6.49. The number of hydrogen-bond donors (Lipinski definition) is 0. The van der Waals surface area contributed by atoms with Crippen LogP contribution in [0.1, 0.15) is 42.8 Å². The maximum Gasteiger partial charge on any atom is 0.410 e. The van der Waals surface area contributed by atoms with E-state index in [-0.39, 0.29) is 6.09 Å². The molecule has 0 unspecified atom stereocenters. The molecule has 0 fully saturated rings. The molecular formula is C15H25N3O4. The Morgan fingerprint density at radius 3 is 2.41 bits per heavy atom. The van der Waals surface area contributed by atoms with E-state index in [9.17, 15) is 9.59 Å². The third kappa shape index (κ3) is 4.56. The third-order valence-electron chi connectivity index (χ3n) is 3.05. The Balaban J connectivity index is 0.000000745. The van der Waals surface area contributed by atoms with Crippen molar-refractivity contribution in [1.82, 2.24) is 14.5 Å². The van der Waals surface area contributed by atoms with E-state index in [2.05, 4.69) is 9.72 Å². The second kappa shape index (κ2) is 7.40. The number of imidazole rings is 1. The predicted molar refractivity (Wildman–Crippen MR) is 81.9 cm³/mol. The summed E-state index contributed by atoms with van der Waals surface area (Å²) < 4.78 is 11.4. The maximum absolute atomic E-state index is 12.0. The van der Waals surface area contributed by atoms with Gasteiger partial charge < -0.3 is 18.9 Å². The molecule has 1 aromatic heterocycles. The first-order valence-electron chi connectivity index (χ1n) is 7.11. The van der Waals surface area contributed by atoms with Crippen LogP contribution in [0.5, 0.6) is 0 Å². The summed E-state index contributed by atoms with van der Waals surface area (Å²) in [5.41, 5.74) is 1.29. The number of amides is 1. The molecule has 0 aromatic carbocycles. The van der Waals surface area contributed by atoms with Gasteiger partial charge >= 0.3 is 6.09 Å². The molecule has 0 saturated heterocycles. The highest BCUT2D eigenvalue weighted by atomic mass is 16.6. The molecule has 0 N–H and O–H groups in total. The molecule has 22 heavy (non-hydrogen) atoms. The molecule has 7 heteroatoms. The van der Waals surface area contributed by atoms with Gasteiger partial charge in [-0.1, -0.05) is 0 Å². The van der Waals surface area contributed by atoms with E-state index in [1.165, 1.54) is 0 Å². The number of aromatic nitrogens is 2. The van der Waals surface area contributed by atoms with Crippen LogP contribution < -0.4 is 0 Å². The van der Waals surface area contributed by atoms with Crippen LogP contribution in [-0.4, -0.2) is 53.2 Å². The quantitative estimate of drug-likeness (QED) is 0.739. The monoisotopic (exact) mass is 311 g/mol. The van der Waals surface area contributed by atoms with Crippen molar-refractivity contribution in [2.24, 2.45) is 7.05 Å². The van der Waals surface area contributed by atoms with Crippen LogP contribution in [0.2, 0.25) is 0 Å². The van der Waals surface area contributed by atoms with Gasteiger partial charge in [-0.05, 0) is 20.8 Å². The molecule has 1 amide bonds. The lowest BCUT2D eigenvalue weighted by molar-refractivity contribution is 0.0220. The van der Waals surface area contributed by atoms with E-state index >= 15 is 0 Å². The molecular weight excluding hydrogens is 286 g/mol. The van der Waals surface area contributed by atoms with Crippen molar-refractivity contribution in [2.45, 2.75) is 39.3 Å². The highest BCUT2D eigenvalue weighted by molar-refractivity contribution is 5.71. The van der Waals surface area contributed by atoms with Gasteiger partial charge in [-0.25, -0.2) is 9.78 Å². The zero-order valence-electron chi connectivity index (χ0n) is 14.2. The molecule has 1 aromatic rings. The predicted octanol–water partition coefficient (Wildman–Crippen LogP) is 1.79. The van der Waals surface area contributed by atoms with E-state index in [1.807, 2.05) is 27.8 Å². The van der Waals surface area contributed by atoms with Crippen molar-refractivity contribution in [3.63, 3.8) is 0 Å². The SMILES string of the molecule is COC.Cn1c(C=O)nc2c1CCN(C(=O)OC(C)(C)C)C2. The number of rotatable bonds is 1. The standard InChI is InChI=1S/C13H19N3O3.C2H6O/c1-13(2,3)19-12(18)16-6-5-10-9(7-16)14-11(8-17)15(10)4;1-3-2/h8H,5-7H2,1-4H3;1-2H3. The van der Waals surface area contributed by atoms with Crippen molar-refractivity contribution in [3.8, 4) is 0 Å². The van der Waals surface area contributed by atoms with Crippen molar-refractivity contribution in [1.29, 1.82) is 0 Å². The van der Waals surface area contributed by atoms with Gasteiger partial charge in [0.1, 0.15) is 5.60 Å². The van der Waals surface area contributed by atoms with Gasteiger partial charge in [0.15, 0.2) is 12.1 Å². The second-order valence-electron chi connectivity index (χ2n) is 6.10.